The SMILES string of the molecule is CCNC(=NCC1(c2ccc(OC)cc2)CCOCC1)NCCc1ccc2c(c1)OCO2.I. The molecule has 7 nitrogen and oxygen atoms in total. The molecule has 0 bridgehead atoms. The quantitative estimate of drug-likeness (QED) is 0.287. The van der Waals surface area contributed by atoms with Crippen LogP contribution in [0, 0.1) is 0 Å². The molecule has 0 unspecified atom stereocenters. The molecule has 0 saturated carbocycles. The highest BCUT2D eigenvalue weighted by Crippen LogP contribution is 2.36. The van der Waals surface area contributed by atoms with Crippen LogP contribution in [0.3, 0.4) is 0 Å². The van der Waals surface area contributed by atoms with Crippen LogP contribution in [0.5, 0.6) is 17.2 Å². The van der Waals surface area contributed by atoms with Crippen LogP contribution in [0.25, 0.3) is 0 Å². The van der Waals surface area contributed by atoms with Gasteiger partial charge in [-0.2, -0.15) is 0 Å². The molecule has 0 aliphatic carbocycles. The number of nitrogens with zero attached hydrogens (tertiary/aromatic N) is 1. The van der Waals surface area contributed by atoms with Gasteiger partial charge in [-0.15, -0.1) is 24.0 Å². The summed E-state index contributed by atoms with van der Waals surface area (Å²) in [6.07, 6.45) is 2.79. The van der Waals surface area contributed by atoms with Crippen molar-refractivity contribution in [3.05, 3.63) is 53.6 Å². The summed E-state index contributed by atoms with van der Waals surface area (Å²) >= 11 is 0. The summed E-state index contributed by atoms with van der Waals surface area (Å²) in [7, 11) is 1.70. The van der Waals surface area contributed by atoms with Crippen molar-refractivity contribution >= 4 is 29.9 Å². The van der Waals surface area contributed by atoms with Gasteiger partial charge in [-0.05, 0) is 61.6 Å². The fourth-order valence-electron chi connectivity index (χ4n) is 4.24. The van der Waals surface area contributed by atoms with Crippen molar-refractivity contribution in [2.45, 2.75) is 31.6 Å². The number of halogens is 1. The Hall–Kier alpha value is -2.20. The Bertz CT molecular complexity index is 914. The molecule has 8 heteroatoms. The van der Waals surface area contributed by atoms with Crippen molar-refractivity contribution in [1.29, 1.82) is 0 Å². The third-order valence-corrected chi connectivity index (χ3v) is 6.18. The second-order valence-electron chi connectivity index (χ2n) is 8.18. The van der Waals surface area contributed by atoms with Crippen LogP contribution in [0.4, 0.5) is 0 Å². The summed E-state index contributed by atoms with van der Waals surface area (Å²) in [4.78, 5) is 4.98. The van der Waals surface area contributed by atoms with Gasteiger partial charge in [0.2, 0.25) is 6.79 Å². The molecule has 33 heavy (non-hydrogen) atoms. The number of hydrogen-bond acceptors (Lipinski definition) is 5. The Kier molecular flexibility index (Phi) is 9.49. The molecule has 1 saturated heterocycles. The predicted octanol–water partition coefficient (Wildman–Crippen LogP) is 3.89. The van der Waals surface area contributed by atoms with Gasteiger partial charge >= 0.3 is 0 Å². The summed E-state index contributed by atoms with van der Waals surface area (Å²) in [6.45, 7) is 6.21. The van der Waals surface area contributed by atoms with Crippen LogP contribution in [0.15, 0.2) is 47.5 Å². The van der Waals surface area contributed by atoms with Gasteiger partial charge in [-0.3, -0.25) is 4.99 Å². The zero-order chi connectivity index (χ0) is 22.2. The Balaban J connectivity index is 0.00000306. The van der Waals surface area contributed by atoms with Crippen molar-refractivity contribution in [3.63, 3.8) is 0 Å². The fraction of sp³-hybridized carbons (Fsp3) is 0.480. The minimum Gasteiger partial charge on any atom is -0.497 e. The molecule has 0 atom stereocenters. The second-order valence-corrected chi connectivity index (χ2v) is 8.18. The van der Waals surface area contributed by atoms with E-state index in [9.17, 15) is 0 Å². The van der Waals surface area contributed by atoms with E-state index in [1.54, 1.807) is 7.11 Å². The normalized spacial score (nSPS) is 16.6. The Labute approximate surface area is 213 Å². The smallest absolute Gasteiger partial charge is 0.231 e. The summed E-state index contributed by atoms with van der Waals surface area (Å²) in [6, 6.07) is 14.5. The molecule has 2 aromatic rings. The number of methoxy groups -OCH3 is 1. The van der Waals surface area contributed by atoms with Gasteiger partial charge in [0.1, 0.15) is 5.75 Å². The van der Waals surface area contributed by atoms with E-state index in [0.29, 0.717) is 13.3 Å². The first-order valence-corrected chi connectivity index (χ1v) is 11.4. The minimum atomic E-state index is -0.0236. The van der Waals surface area contributed by atoms with Crippen LogP contribution < -0.4 is 24.8 Å². The van der Waals surface area contributed by atoms with Crippen LogP contribution in [-0.2, 0) is 16.6 Å². The van der Waals surface area contributed by atoms with Gasteiger partial charge in [-0.25, -0.2) is 0 Å². The number of aliphatic imine (C=N–C) groups is 1. The minimum absolute atomic E-state index is 0. The number of ether oxygens (including phenoxy) is 4. The second kappa shape index (κ2) is 12.3. The molecule has 1 fully saturated rings. The summed E-state index contributed by atoms with van der Waals surface area (Å²) < 4.78 is 21.9. The molecule has 2 heterocycles. The van der Waals surface area contributed by atoms with Gasteiger partial charge < -0.3 is 29.6 Å². The number of hydrogen-bond donors (Lipinski definition) is 2. The van der Waals surface area contributed by atoms with E-state index in [1.165, 1.54) is 11.1 Å². The molecule has 0 aromatic heterocycles. The zero-order valence-corrected chi connectivity index (χ0v) is 21.7. The molecular formula is C25H34IN3O4. The number of rotatable bonds is 8. The van der Waals surface area contributed by atoms with Crippen molar-refractivity contribution in [2.24, 2.45) is 4.99 Å². The summed E-state index contributed by atoms with van der Waals surface area (Å²) in [5.74, 6) is 3.35. The van der Waals surface area contributed by atoms with Crippen LogP contribution in [0.1, 0.15) is 30.9 Å². The van der Waals surface area contributed by atoms with Gasteiger partial charge in [-0.1, -0.05) is 18.2 Å². The van der Waals surface area contributed by atoms with E-state index < -0.39 is 0 Å². The Morgan fingerprint density at radius 3 is 2.52 bits per heavy atom. The van der Waals surface area contributed by atoms with Crippen molar-refractivity contribution in [1.82, 2.24) is 10.6 Å². The maximum atomic E-state index is 5.67. The lowest BCUT2D eigenvalue weighted by Gasteiger charge is -2.36. The number of nitrogens with one attached hydrogen (secondary N) is 2. The fourth-order valence-corrected chi connectivity index (χ4v) is 4.24. The Morgan fingerprint density at radius 2 is 1.79 bits per heavy atom. The molecule has 2 aliphatic rings. The van der Waals surface area contributed by atoms with Crippen molar-refractivity contribution < 1.29 is 18.9 Å². The molecule has 0 spiro atoms. The average molecular weight is 567 g/mol. The van der Waals surface area contributed by atoms with Gasteiger partial charge in [0.15, 0.2) is 17.5 Å². The van der Waals surface area contributed by atoms with Gasteiger partial charge in [0.25, 0.3) is 0 Å². The largest absolute Gasteiger partial charge is 0.497 e. The van der Waals surface area contributed by atoms with E-state index in [4.69, 9.17) is 23.9 Å². The average Bonchev–Trinajstić information content (AvgIpc) is 3.31. The van der Waals surface area contributed by atoms with Crippen molar-refractivity contribution in [2.75, 3.05) is 46.8 Å². The first-order valence-electron chi connectivity index (χ1n) is 11.4. The van der Waals surface area contributed by atoms with Crippen molar-refractivity contribution in [3.8, 4) is 17.2 Å². The number of benzene rings is 2. The molecule has 180 valence electrons. The molecule has 2 aliphatic heterocycles. The zero-order valence-electron chi connectivity index (χ0n) is 19.4. The lowest BCUT2D eigenvalue weighted by molar-refractivity contribution is 0.0531. The molecule has 0 radical (unpaired) electrons. The maximum Gasteiger partial charge on any atom is 0.231 e. The van der Waals surface area contributed by atoms with E-state index in [0.717, 1.165) is 68.8 Å². The third kappa shape index (κ3) is 6.44. The predicted molar refractivity (Wildman–Crippen MR) is 140 cm³/mol. The Morgan fingerprint density at radius 1 is 1.03 bits per heavy atom. The lowest BCUT2D eigenvalue weighted by Crippen LogP contribution is -2.41. The van der Waals surface area contributed by atoms with Crippen LogP contribution >= 0.6 is 24.0 Å². The third-order valence-electron chi connectivity index (χ3n) is 6.18. The molecule has 0 amide bonds. The monoisotopic (exact) mass is 567 g/mol. The molecular weight excluding hydrogens is 533 g/mol. The topological polar surface area (TPSA) is 73.3 Å². The van der Waals surface area contributed by atoms with E-state index in [1.807, 2.05) is 18.2 Å². The first kappa shape index (κ1) is 25.4. The van der Waals surface area contributed by atoms with Crippen LogP contribution in [-0.4, -0.2) is 52.7 Å². The van der Waals surface area contributed by atoms with Gasteiger partial charge in [0.05, 0.1) is 13.7 Å². The number of fused-ring (bicyclic) bond motifs is 1. The molecule has 2 N–H and O–H groups in total. The van der Waals surface area contributed by atoms with Crippen LogP contribution in [0.2, 0.25) is 0 Å². The maximum absolute atomic E-state index is 5.67. The van der Waals surface area contributed by atoms with E-state index in [-0.39, 0.29) is 29.4 Å². The highest BCUT2D eigenvalue weighted by molar-refractivity contribution is 14.0. The van der Waals surface area contributed by atoms with E-state index >= 15 is 0 Å². The summed E-state index contributed by atoms with van der Waals surface area (Å²) in [5.41, 5.74) is 2.47. The lowest BCUT2D eigenvalue weighted by atomic mass is 9.74. The highest BCUT2D eigenvalue weighted by atomic mass is 127. The molecule has 4 rings (SSSR count). The first-order chi connectivity index (χ1) is 15.7. The van der Waals surface area contributed by atoms with E-state index in [2.05, 4.69) is 41.8 Å². The standard InChI is InChI=1S/C25H33N3O4.HI/c1-3-26-24(27-13-10-19-4-9-22-23(16-19)32-18-31-22)28-17-25(11-14-30-15-12-25)20-5-7-21(29-2)8-6-20;/h4-9,16H,3,10-15,17-18H2,1-2H3,(H2,26,27,28);1H. The summed E-state index contributed by atoms with van der Waals surface area (Å²) in [5, 5.41) is 6.86. The highest BCUT2D eigenvalue weighted by Gasteiger charge is 2.34. The van der Waals surface area contributed by atoms with Gasteiger partial charge in [0, 0.05) is 31.7 Å². The number of guanidine groups is 1. The molecule has 2 aromatic carbocycles.